The molecule has 3 aromatic rings. The van der Waals surface area contributed by atoms with Gasteiger partial charge in [0.2, 0.25) is 0 Å². The van der Waals surface area contributed by atoms with E-state index in [4.69, 9.17) is 4.42 Å². The lowest BCUT2D eigenvalue weighted by Gasteiger charge is -2.10. The smallest absolute Gasteiger partial charge is 0.268 e. The zero-order valence-electron chi connectivity index (χ0n) is 12.0. The average molecular weight is 365 g/mol. The van der Waals surface area contributed by atoms with Crippen molar-refractivity contribution in [3.8, 4) is 0 Å². The van der Waals surface area contributed by atoms with Crippen LogP contribution in [0.3, 0.4) is 0 Å². The van der Waals surface area contributed by atoms with Gasteiger partial charge in [0.1, 0.15) is 23.0 Å². The summed E-state index contributed by atoms with van der Waals surface area (Å²) in [6.45, 7) is 3.67. The number of rotatable bonds is 3. The molecule has 0 saturated heterocycles. The summed E-state index contributed by atoms with van der Waals surface area (Å²) in [5.41, 5.74) is 0.876. The second-order valence-corrected chi connectivity index (χ2v) is 6.09. The summed E-state index contributed by atoms with van der Waals surface area (Å²) in [5, 5.41) is 3.21. The number of aryl methyl sites for hydroxylation is 1. The van der Waals surface area contributed by atoms with Crippen molar-refractivity contribution in [1.82, 2.24) is 10.3 Å². The molecule has 2 N–H and O–H groups in total. The van der Waals surface area contributed by atoms with Crippen molar-refractivity contribution in [3.63, 3.8) is 0 Å². The molecule has 3 rings (SSSR count). The molecule has 1 atom stereocenters. The highest BCUT2D eigenvalue weighted by Crippen LogP contribution is 2.24. The summed E-state index contributed by atoms with van der Waals surface area (Å²) in [5.74, 6) is 0.771. The van der Waals surface area contributed by atoms with E-state index < -0.39 is 0 Å². The van der Waals surface area contributed by atoms with E-state index in [2.05, 4.69) is 26.2 Å². The van der Waals surface area contributed by atoms with Gasteiger partial charge in [0, 0.05) is 9.86 Å². The first-order chi connectivity index (χ1) is 10.4. The van der Waals surface area contributed by atoms with Gasteiger partial charge in [-0.05, 0) is 44.2 Å². The molecule has 0 saturated carbocycles. The third-order valence-corrected chi connectivity index (χ3v) is 3.89. The van der Waals surface area contributed by atoms with Crippen molar-refractivity contribution < 1.29 is 13.6 Å². The van der Waals surface area contributed by atoms with Gasteiger partial charge >= 0.3 is 0 Å². The molecule has 1 amide bonds. The maximum atomic E-state index is 13.9. The lowest BCUT2D eigenvalue weighted by molar-refractivity contribution is 0.0931. The van der Waals surface area contributed by atoms with E-state index in [1.807, 2.05) is 26.0 Å². The summed E-state index contributed by atoms with van der Waals surface area (Å²) in [6.07, 6.45) is 0. The largest absolute Gasteiger partial charge is 0.464 e. The Morgan fingerprint density at radius 2 is 2.14 bits per heavy atom. The van der Waals surface area contributed by atoms with Gasteiger partial charge in [0.05, 0.1) is 11.6 Å². The second-order valence-electron chi connectivity index (χ2n) is 5.18. The number of nitrogens with one attached hydrogen (secondary N) is 2. The van der Waals surface area contributed by atoms with Crippen LogP contribution in [0, 0.1) is 12.7 Å². The van der Waals surface area contributed by atoms with Crippen LogP contribution in [0.1, 0.15) is 35.0 Å². The summed E-state index contributed by atoms with van der Waals surface area (Å²) in [6, 6.07) is 7.99. The van der Waals surface area contributed by atoms with E-state index in [-0.39, 0.29) is 17.8 Å². The fourth-order valence-corrected chi connectivity index (χ4v) is 2.74. The highest BCUT2D eigenvalue weighted by molar-refractivity contribution is 9.10. The average Bonchev–Trinajstić information content (AvgIpc) is 3.04. The van der Waals surface area contributed by atoms with E-state index in [1.54, 1.807) is 6.07 Å². The molecule has 2 aromatic heterocycles. The maximum Gasteiger partial charge on any atom is 0.268 e. The lowest BCUT2D eigenvalue weighted by Crippen LogP contribution is -2.26. The van der Waals surface area contributed by atoms with Crippen LogP contribution >= 0.6 is 15.9 Å². The van der Waals surface area contributed by atoms with Gasteiger partial charge in [-0.15, -0.1) is 0 Å². The molecule has 6 heteroatoms. The molecule has 2 heterocycles. The molecule has 0 bridgehead atoms. The van der Waals surface area contributed by atoms with Crippen molar-refractivity contribution in [2.24, 2.45) is 0 Å². The number of aromatic nitrogens is 1. The molecule has 114 valence electrons. The van der Waals surface area contributed by atoms with Crippen LogP contribution in [0.15, 0.2) is 39.2 Å². The van der Waals surface area contributed by atoms with Crippen LogP contribution in [-0.4, -0.2) is 10.9 Å². The number of hydrogen-bond donors (Lipinski definition) is 2. The van der Waals surface area contributed by atoms with E-state index in [1.165, 1.54) is 12.1 Å². The Labute approximate surface area is 134 Å². The molecule has 0 aliphatic rings. The van der Waals surface area contributed by atoms with Gasteiger partial charge in [0.25, 0.3) is 5.91 Å². The molecular weight excluding hydrogens is 351 g/mol. The highest BCUT2D eigenvalue weighted by atomic mass is 79.9. The molecule has 0 unspecified atom stereocenters. The number of aromatic amines is 1. The predicted molar refractivity (Wildman–Crippen MR) is 85.3 cm³/mol. The summed E-state index contributed by atoms with van der Waals surface area (Å²) in [7, 11) is 0. The Hall–Kier alpha value is -2.08. The first-order valence-electron chi connectivity index (χ1n) is 6.79. The number of amides is 1. The monoisotopic (exact) mass is 364 g/mol. The number of halogens is 2. The predicted octanol–water partition coefficient (Wildman–Crippen LogP) is 4.46. The molecule has 0 fully saturated rings. The zero-order valence-corrected chi connectivity index (χ0v) is 13.6. The van der Waals surface area contributed by atoms with E-state index in [0.29, 0.717) is 26.8 Å². The Balaban J connectivity index is 1.84. The zero-order chi connectivity index (χ0) is 15.9. The highest BCUT2D eigenvalue weighted by Gasteiger charge is 2.17. The minimum absolute atomic E-state index is 0.274. The summed E-state index contributed by atoms with van der Waals surface area (Å²) >= 11 is 3.23. The minimum atomic E-state index is -0.380. The van der Waals surface area contributed by atoms with Gasteiger partial charge in [-0.3, -0.25) is 4.79 Å². The van der Waals surface area contributed by atoms with Crippen LogP contribution in [-0.2, 0) is 0 Å². The normalized spacial score (nSPS) is 12.5. The van der Waals surface area contributed by atoms with Gasteiger partial charge in [-0.25, -0.2) is 4.39 Å². The molecule has 0 radical (unpaired) electrons. The van der Waals surface area contributed by atoms with Crippen molar-refractivity contribution in [2.45, 2.75) is 19.9 Å². The van der Waals surface area contributed by atoms with Crippen molar-refractivity contribution >= 4 is 32.7 Å². The molecule has 4 nitrogen and oxygen atoms in total. The van der Waals surface area contributed by atoms with Crippen LogP contribution in [0.5, 0.6) is 0 Å². The number of carbonyl (C=O) groups is 1. The topological polar surface area (TPSA) is 58.0 Å². The standard InChI is InChI=1S/C16H14BrFN2O2/c1-8-3-4-15(22-8)9(2)19-16(21)14-7-11-12(18)5-10(17)6-13(11)20-14/h3-7,9,20H,1-2H3,(H,19,21)/t9-/m1/s1. The molecule has 0 aliphatic carbocycles. The second kappa shape index (κ2) is 5.61. The Kier molecular flexibility index (Phi) is 3.78. The molecular formula is C16H14BrFN2O2. The van der Waals surface area contributed by atoms with Gasteiger partial charge in [-0.2, -0.15) is 0 Å². The van der Waals surface area contributed by atoms with Crippen LogP contribution < -0.4 is 5.32 Å². The molecule has 0 aliphatic heterocycles. The number of hydrogen-bond acceptors (Lipinski definition) is 2. The quantitative estimate of drug-likeness (QED) is 0.720. The number of fused-ring (bicyclic) bond motifs is 1. The van der Waals surface area contributed by atoms with Crippen LogP contribution in [0.2, 0.25) is 0 Å². The Morgan fingerprint density at radius 3 is 2.82 bits per heavy atom. The Bertz CT molecular complexity index is 853. The lowest BCUT2D eigenvalue weighted by atomic mass is 10.2. The van der Waals surface area contributed by atoms with Crippen molar-refractivity contribution in [2.75, 3.05) is 0 Å². The third kappa shape index (κ3) is 2.78. The van der Waals surface area contributed by atoms with E-state index >= 15 is 0 Å². The molecule has 1 aromatic carbocycles. The van der Waals surface area contributed by atoms with E-state index in [0.717, 1.165) is 5.76 Å². The fourth-order valence-electron chi connectivity index (χ4n) is 2.31. The fraction of sp³-hybridized carbons (Fsp3) is 0.188. The van der Waals surface area contributed by atoms with Crippen LogP contribution in [0.25, 0.3) is 10.9 Å². The van der Waals surface area contributed by atoms with Gasteiger partial charge in [-0.1, -0.05) is 15.9 Å². The first-order valence-corrected chi connectivity index (χ1v) is 7.58. The van der Waals surface area contributed by atoms with Crippen LogP contribution in [0.4, 0.5) is 4.39 Å². The summed E-state index contributed by atoms with van der Waals surface area (Å²) in [4.78, 5) is 15.2. The van der Waals surface area contributed by atoms with E-state index in [9.17, 15) is 9.18 Å². The van der Waals surface area contributed by atoms with Crippen molar-refractivity contribution in [3.05, 3.63) is 57.8 Å². The number of benzene rings is 1. The van der Waals surface area contributed by atoms with Gasteiger partial charge < -0.3 is 14.7 Å². The number of H-pyrrole nitrogens is 1. The van der Waals surface area contributed by atoms with Gasteiger partial charge in [0.15, 0.2) is 0 Å². The minimum Gasteiger partial charge on any atom is -0.464 e. The Morgan fingerprint density at radius 1 is 1.36 bits per heavy atom. The third-order valence-electron chi connectivity index (χ3n) is 3.43. The first kappa shape index (κ1) is 14.8. The summed E-state index contributed by atoms with van der Waals surface area (Å²) < 4.78 is 20.0. The molecule has 22 heavy (non-hydrogen) atoms. The number of furan rings is 1. The SMILES string of the molecule is Cc1ccc([C@@H](C)NC(=O)c2cc3c(F)cc(Br)cc3[nH]2)o1. The molecule has 0 spiro atoms. The maximum absolute atomic E-state index is 13.9. The van der Waals surface area contributed by atoms with Crippen molar-refractivity contribution in [1.29, 1.82) is 0 Å². The number of carbonyl (C=O) groups excluding carboxylic acids is 1.